The number of hydrogen-bond acceptors (Lipinski definition) is 10. The first-order valence-corrected chi connectivity index (χ1v) is 25.4. The summed E-state index contributed by atoms with van der Waals surface area (Å²) in [4.78, 5) is 37.3. The standard InChI is InChI=1S/C26H35F3N4O2S.C25H33F3N4O2S/c1-25(2)23(34)33(20-12-11-19(17-30)22(16-20)26(27,28)29)24(36)32(25)15-8-6-4-5-7-13-31-14-9-10-21(31)18-35-3;1-24(2)22(33)32(19-11-10-18(16-29)21(15-19)25(26,27)28)23(35)31(24)14-7-5-4-6-12-30-13-8-9-20(30)17-34-3/h11-12,16,21H,4-10,13-15,18H2,1-3H3;10-11,15,20H,4-9,12-14,17H2,1-3H3/t21-;20-/m10/s1. The van der Waals surface area contributed by atoms with E-state index < -0.39 is 45.7 Å². The number of carbonyl (C=O) groups is 2. The van der Waals surface area contributed by atoms with Gasteiger partial charge in [-0.1, -0.05) is 32.1 Å². The van der Waals surface area contributed by atoms with Crippen molar-refractivity contribution in [2.75, 3.05) is 76.5 Å². The molecule has 4 fully saturated rings. The molecule has 0 spiro atoms. The lowest BCUT2D eigenvalue weighted by Gasteiger charge is -2.29. The number of alkyl halides is 6. The smallest absolute Gasteiger partial charge is 0.383 e. The molecule has 0 aromatic heterocycles. The van der Waals surface area contributed by atoms with Crippen LogP contribution in [-0.2, 0) is 31.4 Å². The highest BCUT2D eigenvalue weighted by atomic mass is 32.1. The van der Waals surface area contributed by atoms with E-state index in [0.717, 1.165) is 131 Å². The quantitative estimate of drug-likeness (QED) is 0.0673. The molecule has 4 aliphatic rings. The van der Waals surface area contributed by atoms with E-state index in [4.69, 9.17) is 44.4 Å². The highest BCUT2D eigenvalue weighted by Crippen LogP contribution is 2.40. The van der Waals surface area contributed by atoms with Crippen LogP contribution >= 0.6 is 24.4 Å². The maximum absolute atomic E-state index is 13.5. The average Bonchev–Trinajstić information content (AvgIpc) is 4.04. The van der Waals surface area contributed by atoms with Crippen molar-refractivity contribution in [1.82, 2.24) is 19.6 Å². The number of halogens is 6. The van der Waals surface area contributed by atoms with Crippen molar-refractivity contribution in [2.24, 2.45) is 0 Å². The number of methoxy groups -OCH3 is 2. The molecule has 0 N–H and O–H groups in total. The zero-order valence-corrected chi connectivity index (χ0v) is 43.4. The van der Waals surface area contributed by atoms with Crippen LogP contribution in [-0.4, -0.2) is 132 Å². The summed E-state index contributed by atoms with van der Waals surface area (Å²) in [5, 5.41) is 18.5. The van der Waals surface area contributed by atoms with Gasteiger partial charge in [0.15, 0.2) is 10.2 Å². The first kappa shape index (κ1) is 57.5. The second-order valence-corrected chi connectivity index (χ2v) is 20.4. The Morgan fingerprint density at radius 1 is 0.592 bits per heavy atom. The number of ether oxygens (including phenoxy) is 2. The summed E-state index contributed by atoms with van der Waals surface area (Å²) >= 11 is 11.1. The lowest BCUT2D eigenvalue weighted by Crippen LogP contribution is -2.44. The second-order valence-electron chi connectivity index (χ2n) is 19.7. The van der Waals surface area contributed by atoms with Crippen LogP contribution in [0.5, 0.6) is 0 Å². The molecule has 0 aliphatic carbocycles. The van der Waals surface area contributed by atoms with Gasteiger partial charge in [0.05, 0.1) is 59.0 Å². The molecule has 6 rings (SSSR count). The second kappa shape index (κ2) is 25.0. The van der Waals surface area contributed by atoms with Crippen LogP contribution in [0.25, 0.3) is 0 Å². The summed E-state index contributed by atoms with van der Waals surface area (Å²) < 4.78 is 91.3. The Bertz CT molecular complexity index is 2280. The van der Waals surface area contributed by atoms with Gasteiger partial charge in [-0.3, -0.25) is 29.2 Å². The Kier molecular flexibility index (Phi) is 20.2. The van der Waals surface area contributed by atoms with Crippen LogP contribution in [0.3, 0.4) is 0 Å². The average molecular weight is 1040 g/mol. The molecule has 12 nitrogen and oxygen atoms in total. The number of carbonyl (C=O) groups excluding carboxylic acids is 2. The molecule has 2 aromatic rings. The summed E-state index contributed by atoms with van der Waals surface area (Å²) in [5.41, 5.74) is -5.00. The molecule has 0 unspecified atom stereocenters. The van der Waals surface area contributed by atoms with Gasteiger partial charge in [-0.05, 0) is 166 Å². The van der Waals surface area contributed by atoms with Gasteiger partial charge in [0.2, 0.25) is 0 Å². The number of benzene rings is 2. The monoisotopic (exact) mass is 1030 g/mol. The molecule has 2 amide bonds. The molecule has 0 radical (unpaired) electrons. The zero-order chi connectivity index (χ0) is 52.3. The van der Waals surface area contributed by atoms with Crippen molar-refractivity contribution in [1.29, 1.82) is 10.5 Å². The third kappa shape index (κ3) is 13.8. The van der Waals surface area contributed by atoms with Gasteiger partial charge in [-0.25, -0.2) is 0 Å². The Morgan fingerprint density at radius 2 is 0.930 bits per heavy atom. The van der Waals surface area contributed by atoms with E-state index in [9.17, 15) is 35.9 Å². The van der Waals surface area contributed by atoms with Gasteiger partial charge in [0.1, 0.15) is 11.1 Å². The van der Waals surface area contributed by atoms with Crippen LogP contribution < -0.4 is 9.80 Å². The van der Waals surface area contributed by atoms with Crippen molar-refractivity contribution < 1.29 is 45.4 Å². The van der Waals surface area contributed by atoms with Crippen LogP contribution in [0.15, 0.2) is 36.4 Å². The highest BCUT2D eigenvalue weighted by molar-refractivity contribution is 7.80. The van der Waals surface area contributed by atoms with E-state index in [1.807, 2.05) is 0 Å². The molecule has 20 heteroatoms. The molecule has 2 aromatic carbocycles. The zero-order valence-electron chi connectivity index (χ0n) is 41.8. The Balaban J connectivity index is 0.000000264. The van der Waals surface area contributed by atoms with Crippen LogP contribution in [0, 0.1) is 22.7 Å². The van der Waals surface area contributed by atoms with Crippen LogP contribution in [0.4, 0.5) is 37.7 Å². The Labute approximate surface area is 425 Å². The lowest BCUT2D eigenvalue weighted by molar-refractivity contribution is -0.138. The van der Waals surface area contributed by atoms with Gasteiger partial charge in [0, 0.05) is 39.4 Å². The summed E-state index contributed by atoms with van der Waals surface area (Å²) in [6, 6.07) is 10.7. The minimum atomic E-state index is -4.71. The Morgan fingerprint density at radius 3 is 1.25 bits per heavy atom. The molecular formula is C51H68F6N8O4S2. The number of nitrogens with zero attached hydrogens (tertiary/aromatic N) is 8. The van der Waals surface area contributed by atoms with Gasteiger partial charge >= 0.3 is 12.4 Å². The molecular weight excluding hydrogens is 967 g/mol. The molecule has 4 aliphatic heterocycles. The van der Waals surface area contributed by atoms with Gasteiger partial charge in [-0.15, -0.1) is 0 Å². The first-order valence-electron chi connectivity index (χ1n) is 24.6. The number of rotatable bonds is 21. The summed E-state index contributed by atoms with van der Waals surface area (Å²) in [6.45, 7) is 14.0. The minimum absolute atomic E-state index is 0.0260. The highest BCUT2D eigenvalue weighted by Gasteiger charge is 2.51. The summed E-state index contributed by atoms with van der Waals surface area (Å²) in [5.74, 6) is -0.750. The van der Waals surface area contributed by atoms with Crippen molar-refractivity contribution in [3.8, 4) is 12.1 Å². The topological polar surface area (TPSA) is 120 Å². The number of nitriles is 2. The molecule has 4 saturated heterocycles. The summed E-state index contributed by atoms with van der Waals surface area (Å²) in [7, 11) is 3.49. The number of amides is 2. The van der Waals surface area contributed by atoms with Crippen LogP contribution in [0.2, 0.25) is 0 Å². The minimum Gasteiger partial charge on any atom is -0.383 e. The SMILES string of the molecule is COC[C@@H]1CCCN1CCCCCCN1C(=S)N(c2ccc(C#N)c(C(F)(F)F)c2)C(=O)C1(C)C.COC[C@H]1CCCN1CCCCCCCN1C(=S)N(c2ccc(C#N)c(C(F)(F)F)c2)C(=O)C1(C)C. The predicted octanol–water partition coefficient (Wildman–Crippen LogP) is 10.3. The summed E-state index contributed by atoms with van der Waals surface area (Å²) in [6.07, 6.45) is 4.52. The van der Waals surface area contributed by atoms with Crippen molar-refractivity contribution >= 4 is 57.8 Å². The lowest BCUT2D eigenvalue weighted by atomic mass is 10.0. The Hall–Kier alpha value is -4.44. The molecule has 0 saturated carbocycles. The molecule has 4 heterocycles. The molecule has 390 valence electrons. The van der Waals surface area contributed by atoms with Gasteiger partial charge in [-0.2, -0.15) is 36.9 Å². The van der Waals surface area contributed by atoms with Crippen molar-refractivity contribution in [3.05, 3.63) is 58.7 Å². The fourth-order valence-electron chi connectivity index (χ4n) is 10.1. The molecule has 0 bridgehead atoms. The van der Waals surface area contributed by atoms with E-state index in [1.54, 1.807) is 63.9 Å². The largest absolute Gasteiger partial charge is 0.417 e. The maximum Gasteiger partial charge on any atom is 0.417 e. The van der Waals surface area contributed by atoms with Crippen molar-refractivity contribution in [3.63, 3.8) is 0 Å². The van der Waals surface area contributed by atoms with Gasteiger partial charge < -0.3 is 19.3 Å². The number of unbranched alkanes of at least 4 members (excludes halogenated alkanes) is 7. The number of hydrogen-bond donors (Lipinski definition) is 0. The van der Waals surface area contributed by atoms with Crippen molar-refractivity contribution in [2.45, 2.75) is 147 Å². The fourth-order valence-corrected chi connectivity index (χ4v) is 11.1. The molecule has 2 atom stereocenters. The number of anilines is 2. The molecule has 71 heavy (non-hydrogen) atoms. The normalized spacial score (nSPS) is 20.5. The maximum atomic E-state index is 13.5. The number of thiocarbonyl (C=S) groups is 2. The van der Waals surface area contributed by atoms with E-state index in [1.165, 1.54) is 37.8 Å². The fraction of sp³-hybridized carbons (Fsp3) is 0.647. The van der Waals surface area contributed by atoms with Gasteiger partial charge in [0.25, 0.3) is 11.8 Å². The predicted molar refractivity (Wildman–Crippen MR) is 269 cm³/mol. The third-order valence-corrected chi connectivity index (χ3v) is 14.9. The third-order valence-electron chi connectivity index (χ3n) is 14.1. The number of likely N-dealkylation sites (tertiary alicyclic amines) is 2. The van der Waals surface area contributed by atoms with E-state index in [-0.39, 0.29) is 33.4 Å². The van der Waals surface area contributed by atoms with E-state index in [2.05, 4.69) is 9.80 Å². The first-order chi connectivity index (χ1) is 33.5. The van der Waals surface area contributed by atoms with E-state index >= 15 is 0 Å². The van der Waals surface area contributed by atoms with E-state index in [0.29, 0.717) is 25.2 Å². The van der Waals surface area contributed by atoms with Crippen LogP contribution in [0.1, 0.15) is 133 Å².